The molecule has 0 amide bonds. The Balaban J connectivity index is 1.29. The number of benzene rings is 2. The lowest BCUT2D eigenvalue weighted by Crippen LogP contribution is -2.28. The lowest BCUT2D eigenvalue weighted by molar-refractivity contribution is 0.315. The molecule has 0 aliphatic carbocycles. The van der Waals surface area contributed by atoms with Gasteiger partial charge in [0.25, 0.3) is 11.4 Å². The Morgan fingerprint density at radius 2 is 1.90 bits per heavy atom. The molecular weight excluding hydrogens is 540 g/mol. The van der Waals surface area contributed by atoms with Gasteiger partial charge in [0.05, 0.1) is 23.6 Å². The van der Waals surface area contributed by atoms with Gasteiger partial charge in [-0.05, 0) is 55.5 Å². The molecule has 2 aliphatic rings. The number of aromatic nitrogens is 4. The van der Waals surface area contributed by atoms with Crippen LogP contribution in [0, 0.1) is 5.41 Å². The highest BCUT2D eigenvalue weighted by molar-refractivity contribution is 6.30. The van der Waals surface area contributed by atoms with Crippen molar-refractivity contribution in [3.63, 3.8) is 0 Å². The predicted octanol–water partition coefficient (Wildman–Crippen LogP) is 5.99. The number of anilines is 1. The number of halogens is 1. The van der Waals surface area contributed by atoms with E-state index in [1.807, 2.05) is 55.1 Å². The maximum atomic E-state index is 13.7. The van der Waals surface area contributed by atoms with Crippen molar-refractivity contribution in [3.05, 3.63) is 86.9 Å². The van der Waals surface area contributed by atoms with Crippen molar-refractivity contribution in [2.24, 2.45) is 12.5 Å². The van der Waals surface area contributed by atoms with Crippen molar-refractivity contribution in [1.82, 2.24) is 24.5 Å². The van der Waals surface area contributed by atoms with Crippen molar-refractivity contribution in [2.75, 3.05) is 25.5 Å². The summed E-state index contributed by atoms with van der Waals surface area (Å²) in [7, 11) is 4.11. The van der Waals surface area contributed by atoms with Crippen LogP contribution in [0.15, 0.2) is 69.1 Å². The summed E-state index contributed by atoms with van der Waals surface area (Å²) >= 11 is 6.25. The first-order chi connectivity index (χ1) is 19.7. The van der Waals surface area contributed by atoms with E-state index in [0.29, 0.717) is 53.3 Å². The molecule has 4 aromatic rings. The number of nitrogens with zero attached hydrogens (tertiary/aromatic N) is 5. The Bertz CT molecular complexity index is 1680. The summed E-state index contributed by atoms with van der Waals surface area (Å²) in [5.41, 5.74) is 5.27. The van der Waals surface area contributed by atoms with E-state index < -0.39 is 0 Å². The van der Waals surface area contributed by atoms with E-state index in [1.54, 1.807) is 16.8 Å². The van der Waals surface area contributed by atoms with Gasteiger partial charge < -0.3 is 19.4 Å². The first kappa shape index (κ1) is 27.2. The number of hydrogen-bond donors (Lipinski definition) is 1. The zero-order valence-electron chi connectivity index (χ0n) is 24.1. The molecule has 2 aliphatic heterocycles. The molecule has 0 spiro atoms. The second-order valence-corrected chi connectivity index (χ2v) is 12.0. The third kappa shape index (κ3) is 4.92. The van der Waals surface area contributed by atoms with Gasteiger partial charge in [0.1, 0.15) is 11.4 Å². The van der Waals surface area contributed by atoms with Gasteiger partial charge in [0, 0.05) is 49.4 Å². The number of likely N-dealkylation sites (tertiary alicyclic amines) is 1. The number of fused-ring (bicyclic) bond motifs is 3. The third-order valence-electron chi connectivity index (χ3n) is 7.95. The van der Waals surface area contributed by atoms with Crippen molar-refractivity contribution in [1.29, 1.82) is 0 Å². The highest BCUT2D eigenvalue weighted by atomic mass is 35.5. The Labute approximate surface area is 244 Å². The fraction of sp³-hybridized carbons (Fsp3) is 0.387. The van der Waals surface area contributed by atoms with Gasteiger partial charge in [-0.15, -0.1) is 10.2 Å². The molecule has 2 aromatic heterocycles. The number of para-hydroxylation sites is 1. The van der Waals surface area contributed by atoms with Crippen LogP contribution < -0.4 is 15.6 Å². The number of nitrogens with one attached hydrogen (secondary N) is 1. The highest BCUT2D eigenvalue weighted by Gasteiger charge is 2.41. The van der Waals surface area contributed by atoms with E-state index in [4.69, 9.17) is 20.8 Å². The maximum Gasteiger partial charge on any atom is 0.295 e. The molecule has 0 saturated carbocycles. The van der Waals surface area contributed by atoms with Crippen molar-refractivity contribution < 1.29 is 9.15 Å². The first-order valence-electron chi connectivity index (χ1n) is 14.0. The van der Waals surface area contributed by atoms with Crippen molar-refractivity contribution in [3.8, 4) is 22.9 Å². The van der Waals surface area contributed by atoms with Crippen LogP contribution in [-0.2, 0) is 13.5 Å². The van der Waals surface area contributed by atoms with Gasteiger partial charge in [0.15, 0.2) is 0 Å². The van der Waals surface area contributed by atoms with E-state index >= 15 is 0 Å². The zero-order valence-corrected chi connectivity index (χ0v) is 24.8. The number of ether oxygens (including phenoxy) is 1. The summed E-state index contributed by atoms with van der Waals surface area (Å²) in [5.74, 6) is 1.72. The minimum Gasteiger partial charge on any atom is -0.493 e. The van der Waals surface area contributed by atoms with Gasteiger partial charge >= 0.3 is 0 Å². The van der Waals surface area contributed by atoms with Crippen molar-refractivity contribution >= 4 is 17.3 Å². The van der Waals surface area contributed by atoms with E-state index in [9.17, 15) is 4.79 Å². The Hall–Kier alpha value is -3.98. The molecule has 0 radical (unpaired) electrons. The molecule has 214 valence electrons. The van der Waals surface area contributed by atoms with E-state index in [0.717, 1.165) is 30.0 Å². The van der Waals surface area contributed by atoms with Crippen LogP contribution in [0.5, 0.6) is 5.75 Å². The molecular formula is C31H35ClN6O3. The van der Waals surface area contributed by atoms with Crippen LogP contribution in [0.4, 0.5) is 5.69 Å². The molecule has 0 bridgehead atoms. The molecule has 1 fully saturated rings. The van der Waals surface area contributed by atoms with Crippen LogP contribution in [-0.4, -0.2) is 44.7 Å². The monoisotopic (exact) mass is 574 g/mol. The molecule has 10 heteroatoms. The fourth-order valence-electron chi connectivity index (χ4n) is 6.24. The van der Waals surface area contributed by atoms with Crippen LogP contribution in [0.3, 0.4) is 0 Å². The fourth-order valence-corrected chi connectivity index (χ4v) is 6.41. The van der Waals surface area contributed by atoms with Gasteiger partial charge in [-0.3, -0.25) is 9.48 Å². The van der Waals surface area contributed by atoms with E-state index in [2.05, 4.69) is 41.3 Å². The van der Waals surface area contributed by atoms with Crippen molar-refractivity contribution in [2.45, 2.75) is 46.0 Å². The topological polar surface area (TPSA) is 90.4 Å². The Morgan fingerprint density at radius 3 is 2.66 bits per heavy atom. The predicted molar refractivity (Wildman–Crippen MR) is 160 cm³/mol. The highest BCUT2D eigenvalue weighted by Crippen LogP contribution is 2.46. The average Bonchev–Trinajstić information content (AvgIpc) is 3.62. The van der Waals surface area contributed by atoms with Gasteiger partial charge in [-0.25, -0.2) is 4.68 Å². The molecule has 2 aromatic carbocycles. The van der Waals surface area contributed by atoms with Crippen LogP contribution >= 0.6 is 11.6 Å². The summed E-state index contributed by atoms with van der Waals surface area (Å²) in [6.45, 7) is 7.75. The van der Waals surface area contributed by atoms with Gasteiger partial charge in [-0.1, -0.05) is 43.6 Å². The normalized spacial score (nSPS) is 16.5. The quantitative estimate of drug-likeness (QED) is 0.276. The molecule has 6 rings (SSSR count). The Morgan fingerprint density at radius 1 is 1.12 bits per heavy atom. The van der Waals surface area contributed by atoms with E-state index in [-0.39, 0.29) is 16.9 Å². The second-order valence-electron chi connectivity index (χ2n) is 11.6. The summed E-state index contributed by atoms with van der Waals surface area (Å²) in [5, 5.41) is 12.8. The standard InChI is InChI=1S/C31H35ClN6O3/c1-6-40-24-13-12-19(32)16-22(24)29-35-34-25(41-29)18-31(2,3)17-23-27-21(14-15-36(27)4)28-26(33-23)30(39)38(37(28)5)20-10-8-7-9-11-20/h7-13,16,21,33H,6,14-15,17-18H2,1-5H3. The Kier molecular flexibility index (Phi) is 6.93. The van der Waals surface area contributed by atoms with Crippen LogP contribution in [0.25, 0.3) is 17.1 Å². The van der Waals surface area contributed by atoms with Crippen LogP contribution in [0.1, 0.15) is 51.1 Å². The smallest absolute Gasteiger partial charge is 0.295 e. The van der Waals surface area contributed by atoms with E-state index in [1.165, 1.54) is 5.70 Å². The average molecular weight is 575 g/mol. The molecule has 41 heavy (non-hydrogen) atoms. The second kappa shape index (κ2) is 10.4. The molecule has 1 N–H and O–H groups in total. The molecule has 1 unspecified atom stereocenters. The largest absolute Gasteiger partial charge is 0.493 e. The minimum absolute atomic E-state index is 0.0363. The molecule has 9 nitrogen and oxygen atoms in total. The summed E-state index contributed by atoms with van der Waals surface area (Å²) in [6, 6.07) is 15.2. The maximum absolute atomic E-state index is 13.7. The zero-order chi connectivity index (χ0) is 28.9. The number of allylic oxidation sites excluding steroid dienone is 2. The third-order valence-corrected chi connectivity index (χ3v) is 8.18. The number of rotatable bonds is 8. The van der Waals surface area contributed by atoms with Gasteiger partial charge in [-0.2, -0.15) is 0 Å². The number of likely N-dealkylation sites (N-methyl/N-ethyl adjacent to an activating group) is 1. The van der Waals surface area contributed by atoms with Gasteiger partial charge in [0.2, 0.25) is 5.89 Å². The lowest BCUT2D eigenvalue weighted by Gasteiger charge is -2.32. The lowest BCUT2D eigenvalue weighted by atomic mass is 9.81. The summed E-state index contributed by atoms with van der Waals surface area (Å²) < 4.78 is 15.6. The SMILES string of the molecule is CCOc1ccc(Cl)cc1-c1nnc(CC(C)(C)CC2=C3C(CCN3C)c3c(c(=O)n(-c4ccccc4)n3C)N2)o1. The minimum atomic E-state index is -0.241. The summed E-state index contributed by atoms with van der Waals surface area (Å²) in [4.78, 5) is 16.0. The number of hydrogen-bond acceptors (Lipinski definition) is 7. The summed E-state index contributed by atoms with van der Waals surface area (Å²) in [6.07, 6.45) is 2.24. The molecule has 1 atom stereocenters. The molecule has 1 saturated heterocycles. The van der Waals surface area contributed by atoms with Crippen LogP contribution in [0.2, 0.25) is 5.02 Å². The first-order valence-corrected chi connectivity index (χ1v) is 14.4. The molecule has 4 heterocycles.